The second kappa shape index (κ2) is 6.89. The molecule has 1 heterocycles. The minimum absolute atomic E-state index is 0.393. The number of hydrogen-bond donors (Lipinski definition) is 1. The highest BCUT2D eigenvalue weighted by molar-refractivity contribution is 5.99. The van der Waals surface area contributed by atoms with Gasteiger partial charge in [-0.1, -0.05) is 60.4 Å². The molecule has 0 saturated carbocycles. The van der Waals surface area contributed by atoms with Gasteiger partial charge in [0.2, 0.25) is 0 Å². The zero-order valence-corrected chi connectivity index (χ0v) is 13.6. The van der Waals surface area contributed by atoms with E-state index in [-0.39, 0.29) is 0 Å². The van der Waals surface area contributed by atoms with Crippen molar-refractivity contribution in [1.82, 2.24) is 4.98 Å². The van der Waals surface area contributed by atoms with Crippen molar-refractivity contribution in [2.24, 2.45) is 0 Å². The van der Waals surface area contributed by atoms with Gasteiger partial charge < -0.3 is 9.72 Å². The van der Waals surface area contributed by atoms with Crippen LogP contribution in [0.15, 0.2) is 60.7 Å². The number of aromatic nitrogens is 1. The molecule has 0 saturated heterocycles. The van der Waals surface area contributed by atoms with Gasteiger partial charge in [-0.2, -0.15) is 0 Å². The Balaban J connectivity index is 2.15. The van der Waals surface area contributed by atoms with Crippen LogP contribution >= 0.6 is 0 Å². The number of carbonyl (C=O) groups is 1. The Morgan fingerprint density at radius 3 is 2.21 bits per heavy atom. The summed E-state index contributed by atoms with van der Waals surface area (Å²) in [7, 11) is 1.38. The Morgan fingerprint density at radius 1 is 0.958 bits per heavy atom. The third-order valence-corrected chi connectivity index (χ3v) is 3.75. The standard InChI is InChI=1S/C21H17NO2/c1-15-18(14-13-16-9-5-3-6-10-16)19(21(23)24-2)20(22-15)17-11-7-4-8-12-17/h3-12,22H,1-2H3. The van der Waals surface area contributed by atoms with Gasteiger partial charge in [0.05, 0.1) is 18.4 Å². The maximum atomic E-state index is 12.3. The van der Waals surface area contributed by atoms with Gasteiger partial charge in [0.15, 0.2) is 0 Å². The number of ether oxygens (including phenoxy) is 1. The highest BCUT2D eigenvalue weighted by Crippen LogP contribution is 2.28. The lowest BCUT2D eigenvalue weighted by atomic mass is 10.0. The molecule has 2 aromatic carbocycles. The average molecular weight is 315 g/mol. The van der Waals surface area contributed by atoms with Crippen molar-refractivity contribution in [3.8, 4) is 23.1 Å². The Hall–Kier alpha value is -3.25. The molecule has 1 N–H and O–H groups in total. The SMILES string of the molecule is COC(=O)c1c(-c2ccccc2)[nH]c(C)c1C#Cc1ccccc1. The number of esters is 1. The highest BCUT2D eigenvalue weighted by Gasteiger charge is 2.22. The summed E-state index contributed by atoms with van der Waals surface area (Å²) in [6, 6.07) is 19.4. The molecule has 3 heteroatoms. The lowest BCUT2D eigenvalue weighted by molar-refractivity contribution is 0.0601. The van der Waals surface area contributed by atoms with Crippen molar-refractivity contribution in [1.29, 1.82) is 0 Å². The topological polar surface area (TPSA) is 42.1 Å². The van der Waals surface area contributed by atoms with Crippen LogP contribution in [-0.2, 0) is 4.74 Å². The van der Waals surface area contributed by atoms with Gasteiger partial charge in [-0.3, -0.25) is 0 Å². The maximum Gasteiger partial charge on any atom is 0.341 e. The molecule has 0 aliphatic rings. The fraction of sp³-hybridized carbons (Fsp3) is 0.0952. The lowest BCUT2D eigenvalue weighted by Gasteiger charge is -2.03. The normalized spacial score (nSPS) is 9.92. The number of rotatable bonds is 2. The molecule has 0 aliphatic carbocycles. The van der Waals surface area contributed by atoms with Crippen LogP contribution in [0.3, 0.4) is 0 Å². The van der Waals surface area contributed by atoms with Crippen molar-refractivity contribution in [2.75, 3.05) is 7.11 Å². The van der Waals surface area contributed by atoms with Crippen LogP contribution < -0.4 is 0 Å². The van der Waals surface area contributed by atoms with E-state index in [4.69, 9.17) is 4.74 Å². The van der Waals surface area contributed by atoms with Crippen LogP contribution in [0.1, 0.15) is 27.2 Å². The zero-order chi connectivity index (χ0) is 16.9. The van der Waals surface area contributed by atoms with Crippen molar-refractivity contribution in [2.45, 2.75) is 6.92 Å². The van der Waals surface area contributed by atoms with Gasteiger partial charge in [-0.25, -0.2) is 4.79 Å². The Bertz CT molecular complexity index is 913. The lowest BCUT2D eigenvalue weighted by Crippen LogP contribution is -2.04. The maximum absolute atomic E-state index is 12.3. The summed E-state index contributed by atoms with van der Waals surface area (Å²) >= 11 is 0. The van der Waals surface area contributed by atoms with Crippen molar-refractivity contribution in [3.05, 3.63) is 83.0 Å². The van der Waals surface area contributed by atoms with Crippen LogP contribution in [0.25, 0.3) is 11.3 Å². The Morgan fingerprint density at radius 2 is 1.58 bits per heavy atom. The smallest absolute Gasteiger partial charge is 0.341 e. The molecule has 24 heavy (non-hydrogen) atoms. The molecule has 0 fully saturated rings. The summed E-state index contributed by atoms with van der Waals surface area (Å²) < 4.78 is 4.98. The average Bonchev–Trinajstić information content (AvgIpc) is 2.97. The molecule has 118 valence electrons. The minimum Gasteiger partial charge on any atom is -0.465 e. The predicted molar refractivity (Wildman–Crippen MR) is 94.7 cm³/mol. The van der Waals surface area contributed by atoms with Crippen LogP contribution in [-0.4, -0.2) is 18.1 Å². The molecule has 0 unspecified atom stereocenters. The van der Waals surface area contributed by atoms with Gasteiger partial charge in [-0.15, -0.1) is 0 Å². The summed E-state index contributed by atoms with van der Waals surface area (Å²) in [4.78, 5) is 15.6. The third-order valence-electron chi connectivity index (χ3n) is 3.75. The monoisotopic (exact) mass is 315 g/mol. The first kappa shape index (κ1) is 15.6. The van der Waals surface area contributed by atoms with Crippen molar-refractivity contribution in [3.63, 3.8) is 0 Å². The molecule has 0 amide bonds. The second-order valence-electron chi connectivity index (χ2n) is 5.35. The van der Waals surface area contributed by atoms with Crippen LogP contribution in [0.5, 0.6) is 0 Å². The summed E-state index contributed by atoms with van der Waals surface area (Å²) in [5.41, 5.74) is 4.55. The molecule has 3 rings (SSSR count). The number of carbonyl (C=O) groups excluding carboxylic acids is 1. The molecular formula is C21H17NO2. The number of aromatic amines is 1. The summed E-state index contributed by atoms with van der Waals surface area (Å²) in [5.74, 6) is 5.84. The minimum atomic E-state index is -0.393. The van der Waals surface area contributed by atoms with E-state index in [1.165, 1.54) is 7.11 Å². The van der Waals surface area contributed by atoms with E-state index in [0.29, 0.717) is 11.1 Å². The van der Waals surface area contributed by atoms with Gasteiger partial charge in [0, 0.05) is 11.3 Å². The summed E-state index contributed by atoms with van der Waals surface area (Å²) in [6.45, 7) is 1.91. The van der Waals surface area contributed by atoms with Gasteiger partial charge in [-0.05, 0) is 24.6 Å². The first-order chi connectivity index (χ1) is 11.7. The zero-order valence-electron chi connectivity index (χ0n) is 13.6. The van der Waals surface area contributed by atoms with Crippen LogP contribution in [0.4, 0.5) is 0 Å². The Kier molecular flexibility index (Phi) is 4.49. The molecular weight excluding hydrogens is 298 g/mol. The fourth-order valence-electron chi connectivity index (χ4n) is 2.56. The van der Waals surface area contributed by atoms with E-state index >= 15 is 0 Å². The molecule has 0 bridgehead atoms. The second-order valence-corrected chi connectivity index (χ2v) is 5.35. The van der Waals surface area contributed by atoms with Crippen molar-refractivity contribution >= 4 is 5.97 Å². The largest absolute Gasteiger partial charge is 0.465 e. The third kappa shape index (κ3) is 3.09. The van der Waals surface area contributed by atoms with E-state index in [1.807, 2.05) is 67.6 Å². The number of aryl methyl sites for hydroxylation is 1. The number of hydrogen-bond acceptors (Lipinski definition) is 2. The van der Waals surface area contributed by atoms with Gasteiger partial charge >= 0.3 is 5.97 Å². The van der Waals surface area contributed by atoms with E-state index < -0.39 is 5.97 Å². The molecule has 0 radical (unpaired) electrons. The number of H-pyrrole nitrogens is 1. The van der Waals surface area contributed by atoms with E-state index in [1.54, 1.807) is 0 Å². The van der Waals surface area contributed by atoms with E-state index in [0.717, 1.165) is 22.5 Å². The number of benzene rings is 2. The molecule has 0 aliphatic heterocycles. The summed E-state index contributed by atoms with van der Waals surface area (Å²) in [6.07, 6.45) is 0. The van der Waals surface area contributed by atoms with Crippen LogP contribution in [0.2, 0.25) is 0 Å². The highest BCUT2D eigenvalue weighted by atomic mass is 16.5. The predicted octanol–water partition coefficient (Wildman–Crippen LogP) is 4.18. The Labute approximate surface area is 141 Å². The molecule has 0 atom stereocenters. The molecule has 3 aromatic rings. The first-order valence-corrected chi connectivity index (χ1v) is 7.64. The molecule has 1 aromatic heterocycles. The van der Waals surface area contributed by atoms with Crippen molar-refractivity contribution < 1.29 is 9.53 Å². The fourth-order valence-corrected chi connectivity index (χ4v) is 2.56. The van der Waals surface area contributed by atoms with Gasteiger partial charge in [0.25, 0.3) is 0 Å². The molecule has 3 nitrogen and oxygen atoms in total. The van der Waals surface area contributed by atoms with E-state index in [9.17, 15) is 4.79 Å². The summed E-state index contributed by atoms with van der Waals surface area (Å²) in [5, 5.41) is 0. The quantitative estimate of drug-likeness (QED) is 0.569. The van der Waals surface area contributed by atoms with E-state index in [2.05, 4.69) is 16.8 Å². The van der Waals surface area contributed by atoms with Crippen LogP contribution in [0, 0.1) is 18.8 Å². The van der Waals surface area contributed by atoms with Gasteiger partial charge in [0.1, 0.15) is 5.56 Å². The number of methoxy groups -OCH3 is 1. The first-order valence-electron chi connectivity index (χ1n) is 7.64. The number of nitrogens with one attached hydrogen (secondary N) is 1. The molecule has 0 spiro atoms.